The third kappa shape index (κ3) is 2.41. The van der Waals surface area contributed by atoms with Gasteiger partial charge in [-0.15, -0.1) is 6.42 Å². The van der Waals surface area contributed by atoms with Gasteiger partial charge in [-0.1, -0.05) is 17.5 Å². The Morgan fingerprint density at radius 3 is 2.93 bits per heavy atom. The van der Waals surface area contributed by atoms with E-state index < -0.39 is 5.97 Å². The Morgan fingerprint density at radius 2 is 2.36 bits per heavy atom. The second-order valence-corrected chi connectivity index (χ2v) is 2.87. The lowest BCUT2D eigenvalue weighted by Crippen LogP contribution is -2.03. The summed E-state index contributed by atoms with van der Waals surface area (Å²) in [4.78, 5) is 10.7. The monoisotopic (exact) mass is 210 g/mol. The van der Waals surface area contributed by atoms with Crippen LogP contribution >= 0.6 is 11.6 Å². The summed E-state index contributed by atoms with van der Waals surface area (Å²) in [7, 11) is 0. The van der Waals surface area contributed by atoms with E-state index in [1.54, 1.807) is 6.07 Å². The maximum absolute atomic E-state index is 10.7. The summed E-state index contributed by atoms with van der Waals surface area (Å²) in [6.07, 6.45) is 4.98. The van der Waals surface area contributed by atoms with Crippen molar-refractivity contribution < 1.29 is 14.6 Å². The maximum Gasteiger partial charge on any atom is 0.339 e. The van der Waals surface area contributed by atoms with Gasteiger partial charge >= 0.3 is 5.97 Å². The first-order valence-corrected chi connectivity index (χ1v) is 4.12. The molecule has 0 fully saturated rings. The van der Waals surface area contributed by atoms with Crippen LogP contribution in [-0.4, -0.2) is 17.7 Å². The van der Waals surface area contributed by atoms with Crippen molar-refractivity contribution in [2.45, 2.75) is 0 Å². The zero-order chi connectivity index (χ0) is 10.6. The van der Waals surface area contributed by atoms with Crippen LogP contribution in [0.2, 0.25) is 5.02 Å². The number of hydrogen-bond donors (Lipinski definition) is 1. The van der Waals surface area contributed by atoms with E-state index in [-0.39, 0.29) is 17.9 Å². The molecule has 72 valence electrons. The van der Waals surface area contributed by atoms with E-state index in [1.807, 2.05) is 0 Å². The molecule has 3 nitrogen and oxygen atoms in total. The number of ether oxygens (including phenoxy) is 1. The third-order valence-electron chi connectivity index (χ3n) is 1.48. The smallest absolute Gasteiger partial charge is 0.339 e. The molecule has 0 atom stereocenters. The SMILES string of the molecule is C#CCOc1ccc(Cl)cc1C(=O)O. The fraction of sp³-hybridized carbons (Fsp3) is 0.100. The highest BCUT2D eigenvalue weighted by Crippen LogP contribution is 2.22. The largest absolute Gasteiger partial charge is 0.480 e. The molecule has 0 aliphatic rings. The first kappa shape index (κ1) is 10.4. The Labute approximate surface area is 86.3 Å². The lowest BCUT2D eigenvalue weighted by atomic mass is 10.2. The van der Waals surface area contributed by atoms with Gasteiger partial charge in [0.2, 0.25) is 0 Å². The second kappa shape index (κ2) is 4.54. The first-order chi connectivity index (χ1) is 6.65. The van der Waals surface area contributed by atoms with E-state index in [4.69, 9.17) is 27.9 Å². The molecule has 1 rings (SSSR count). The fourth-order valence-corrected chi connectivity index (χ4v) is 1.09. The molecule has 0 aromatic heterocycles. The van der Waals surface area contributed by atoms with Crippen molar-refractivity contribution >= 4 is 17.6 Å². The van der Waals surface area contributed by atoms with Gasteiger partial charge in [-0.25, -0.2) is 4.79 Å². The molecule has 0 bridgehead atoms. The number of carbonyl (C=O) groups is 1. The highest BCUT2D eigenvalue weighted by molar-refractivity contribution is 6.31. The van der Waals surface area contributed by atoms with E-state index in [1.165, 1.54) is 12.1 Å². The lowest BCUT2D eigenvalue weighted by Gasteiger charge is -2.05. The Bertz CT molecular complexity index is 393. The van der Waals surface area contributed by atoms with E-state index in [2.05, 4.69) is 5.92 Å². The van der Waals surface area contributed by atoms with Crippen LogP contribution in [0.1, 0.15) is 10.4 Å². The van der Waals surface area contributed by atoms with E-state index in [9.17, 15) is 4.79 Å². The number of halogens is 1. The highest BCUT2D eigenvalue weighted by Gasteiger charge is 2.11. The number of terminal acetylenes is 1. The minimum Gasteiger partial charge on any atom is -0.480 e. The molecule has 0 spiro atoms. The van der Waals surface area contributed by atoms with Gasteiger partial charge in [0.05, 0.1) is 0 Å². The molecular formula is C10H7ClO3. The number of benzene rings is 1. The van der Waals surface area contributed by atoms with Crippen molar-refractivity contribution in [2.75, 3.05) is 6.61 Å². The van der Waals surface area contributed by atoms with Crippen molar-refractivity contribution in [1.29, 1.82) is 0 Å². The molecule has 0 saturated heterocycles. The van der Waals surface area contributed by atoms with Crippen molar-refractivity contribution in [1.82, 2.24) is 0 Å². The van der Waals surface area contributed by atoms with E-state index in [0.29, 0.717) is 5.02 Å². The molecule has 1 aromatic carbocycles. The van der Waals surface area contributed by atoms with Crippen LogP contribution in [0.25, 0.3) is 0 Å². The van der Waals surface area contributed by atoms with Crippen molar-refractivity contribution in [3.05, 3.63) is 28.8 Å². The fourth-order valence-electron chi connectivity index (χ4n) is 0.915. The summed E-state index contributed by atoms with van der Waals surface area (Å²) in [6, 6.07) is 4.33. The Balaban J connectivity index is 3.03. The van der Waals surface area contributed by atoms with Crippen molar-refractivity contribution in [2.24, 2.45) is 0 Å². The molecule has 0 aliphatic carbocycles. The van der Waals surface area contributed by atoms with Gasteiger partial charge in [-0.2, -0.15) is 0 Å². The van der Waals surface area contributed by atoms with Gasteiger partial charge in [0, 0.05) is 5.02 Å². The zero-order valence-electron chi connectivity index (χ0n) is 7.16. The molecule has 0 radical (unpaired) electrons. The predicted octanol–water partition coefficient (Wildman–Crippen LogP) is 2.05. The molecular weight excluding hydrogens is 204 g/mol. The minimum atomic E-state index is -1.10. The Kier molecular flexibility index (Phi) is 3.38. The molecule has 0 aliphatic heterocycles. The van der Waals surface area contributed by atoms with Gasteiger partial charge in [0.1, 0.15) is 17.9 Å². The van der Waals surface area contributed by atoms with E-state index in [0.717, 1.165) is 0 Å². The average Bonchev–Trinajstić information content (AvgIpc) is 2.15. The van der Waals surface area contributed by atoms with Crippen LogP contribution in [0.15, 0.2) is 18.2 Å². The van der Waals surface area contributed by atoms with Crippen LogP contribution < -0.4 is 4.74 Å². The normalized spacial score (nSPS) is 9.14. The summed E-state index contributed by atoms with van der Waals surface area (Å²) in [5.74, 6) is 1.37. The van der Waals surface area contributed by atoms with E-state index >= 15 is 0 Å². The highest BCUT2D eigenvalue weighted by atomic mass is 35.5. The first-order valence-electron chi connectivity index (χ1n) is 3.74. The zero-order valence-corrected chi connectivity index (χ0v) is 7.91. The topological polar surface area (TPSA) is 46.5 Å². The summed E-state index contributed by atoms with van der Waals surface area (Å²) in [6.45, 7) is 0.0297. The van der Waals surface area contributed by atoms with Crippen LogP contribution in [0, 0.1) is 12.3 Å². The number of rotatable bonds is 3. The van der Waals surface area contributed by atoms with Gasteiger partial charge in [0.25, 0.3) is 0 Å². The summed E-state index contributed by atoms with van der Waals surface area (Å²) in [5, 5.41) is 9.14. The van der Waals surface area contributed by atoms with Crippen LogP contribution in [0.4, 0.5) is 0 Å². The molecule has 0 saturated carbocycles. The number of aromatic carboxylic acids is 1. The second-order valence-electron chi connectivity index (χ2n) is 2.44. The molecule has 0 amide bonds. The predicted molar refractivity (Wildman–Crippen MR) is 52.7 cm³/mol. The Hall–Kier alpha value is -1.66. The third-order valence-corrected chi connectivity index (χ3v) is 1.72. The molecule has 1 N–H and O–H groups in total. The number of carboxylic acid groups (broad SMARTS) is 1. The molecule has 14 heavy (non-hydrogen) atoms. The van der Waals surface area contributed by atoms with Crippen LogP contribution in [0.5, 0.6) is 5.75 Å². The summed E-state index contributed by atoms with van der Waals surface area (Å²) in [5.41, 5.74) is 0.00718. The molecule has 0 unspecified atom stereocenters. The number of hydrogen-bond acceptors (Lipinski definition) is 2. The molecule has 1 aromatic rings. The van der Waals surface area contributed by atoms with Crippen molar-refractivity contribution in [3.63, 3.8) is 0 Å². The summed E-state index contributed by atoms with van der Waals surface area (Å²) < 4.78 is 5.03. The quantitative estimate of drug-likeness (QED) is 0.777. The van der Waals surface area contributed by atoms with Crippen LogP contribution in [0.3, 0.4) is 0 Å². The number of carboxylic acids is 1. The molecule has 4 heteroatoms. The average molecular weight is 211 g/mol. The van der Waals surface area contributed by atoms with Gasteiger partial charge in [-0.3, -0.25) is 0 Å². The lowest BCUT2D eigenvalue weighted by molar-refractivity contribution is 0.0693. The van der Waals surface area contributed by atoms with Gasteiger partial charge in [0.15, 0.2) is 0 Å². The van der Waals surface area contributed by atoms with Gasteiger partial charge < -0.3 is 9.84 Å². The Morgan fingerprint density at radius 1 is 1.64 bits per heavy atom. The summed E-state index contributed by atoms with van der Waals surface area (Å²) >= 11 is 5.64. The minimum absolute atomic E-state index is 0.00718. The molecule has 0 heterocycles. The van der Waals surface area contributed by atoms with Crippen molar-refractivity contribution in [3.8, 4) is 18.1 Å². The standard InChI is InChI=1S/C10H7ClO3/c1-2-5-14-9-4-3-7(11)6-8(9)10(12)13/h1,3-4,6H,5H2,(H,12,13). The van der Waals surface area contributed by atoms with Crippen LogP contribution in [-0.2, 0) is 0 Å². The maximum atomic E-state index is 10.7. The van der Waals surface area contributed by atoms with Gasteiger partial charge in [-0.05, 0) is 18.2 Å².